The number of esters is 1. The highest BCUT2D eigenvalue weighted by Gasteiger charge is 2.19. The van der Waals surface area contributed by atoms with Crippen molar-refractivity contribution in [3.8, 4) is 11.5 Å². The second-order valence-electron chi connectivity index (χ2n) is 6.42. The molecule has 0 aliphatic carbocycles. The molecule has 0 saturated heterocycles. The number of para-hydroxylation sites is 1. The van der Waals surface area contributed by atoms with Gasteiger partial charge in [0, 0.05) is 11.3 Å². The fraction of sp³-hybridized carbons (Fsp3) is 0.0870. The van der Waals surface area contributed by atoms with Crippen molar-refractivity contribution >= 4 is 23.5 Å². The Morgan fingerprint density at radius 1 is 0.833 bits per heavy atom. The van der Waals surface area contributed by atoms with Gasteiger partial charge in [-0.25, -0.2) is 4.79 Å². The first-order chi connectivity index (χ1) is 14.4. The van der Waals surface area contributed by atoms with Crippen molar-refractivity contribution in [3.05, 3.63) is 90.0 Å². The molecule has 7 heteroatoms. The van der Waals surface area contributed by atoms with Crippen LogP contribution in [0.5, 0.6) is 11.5 Å². The number of ether oxygens (including phenoxy) is 2. The van der Waals surface area contributed by atoms with Crippen LogP contribution in [0.3, 0.4) is 0 Å². The number of anilines is 1. The van der Waals surface area contributed by atoms with E-state index < -0.39 is 23.9 Å². The SMILES string of the molecule is C[C@@H](OC(=O)c1cccc(Oc2ccccc2)c1)C(=O)Nc1ccc(C(N)=O)cc1. The monoisotopic (exact) mass is 404 g/mol. The van der Waals surface area contributed by atoms with Crippen molar-refractivity contribution in [1.82, 2.24) is 0 Å². The molecule has 7 nitrogen and oxygen atoms in total. The Balaban J connectivity index is 1.60. The van der Waals surface area contributed by atoms with Crippen LogP contribution in [0.15, 0.2) is 78.9 Å². The number of carbonyl (C=O) groups is 3. The standard InChI is InChI=1S/C23H20N2O5/c1-15(22(27)25-18-12-10-16(11-13-18)21(24)26)29-23(28)17-6-5-9-20(14-17)30-19-7-3-2-4-8-19/h2-15H,1H3,(H2,24,26)(H,25,27)/t15-/m1/s1. The number of benzene rings is 3. The van der Waals surface area contributed by atoms with Crippen molar-refractivity contribution in [2.45, 2.75) is 13.0 Å². The van der Waals surface area contributed by atoms with Crippen LogP contribution in [0.4, 0.5) is 5.69 Å². The molecule has 30 heavy (non-hydrogen) atoms. The van der Waals surface area contributed by atoms with Crippen LogP contribution in [0.1, 0.15) is 27.6 Å². The number of nitrogens with two attached hydrogens (primary N) is 1. The molecule has 3 aromatic carbocycles. The molecular formula is C23H20N2O5. The van der Waals surface area contributed by atoms with Gasteiger partial charge in [0.2, 0.25) is 5.91 Å². The van der Waals surface area contributed by atoms with E-state index in [9.17, 15) is 14.4 Å². The molecule has 0 saturated carbocycles. The van der Waals surface area contributed by atoms with Gasteiger partial charge < -0.3 is 20.5 Å². The minimum absolute atomic E-state index is 0.258. The molecule has 3 rings (SSSR count). The van der Waals surface area contributed by atoms with Gasteiger partial charge in [-0.3, -0.25) is 9.59 Å². The molecule has 0 fully saturated rings. The summed E-state index contributed by atoms with van der Waals surface area (Å²) in [5, 5.41) is 2.62. The molecule has 0 heterocycles. The topological polar surface area (TPSA) is 108 Å². The van der Waals surface area contributed by atoms with E-state index in [1.807, 2.05) is 18.2 Å². The van der Waals surface area contributed by atoms with Gasteiger partial charge in [0.05, 0.1) is 5.56 Å². The highest BCUT2D eigenvalue weighted by molar-refractivity contribution is 5.98. The highest BCUT2D eigenvalue weighted by Crippen LogP contribution is 2.22. The molecule has 0 aliphatic rings. The van der Waals surface area contributed by atoms with Crippen LogP contribution in [-0.4, -0.2) is 23.9 Å². The summed E-state index contributed by atoms with van der Waals surface area (Å²) in [5.41, 5.74) is 6.22. The average molecular weight is 404 g/mol. The third-order valence-electron chi connectivity index (χ3n) is 4.14. The van der Waals surface area contributed by atoms with E-state index in [1.165, 1.54) is 31.2 Å². The zero-order chi connectivity index (χ0) is 21.5. The Hall–Kier alpha value is -4.13. The van der Waals surface area contributed by atoms with Gasteiger partial charge in [0.1, 0.15) is 11.5 Å². The molecule has 0 unspecified atom stereocenters. The second-order valence-corrected chi connectivity index (χ2v) is 6.42. The van der Waals surface area contributed by atoms with Gasteiger partial charge in [-0.15, -0.1) is 0 Å². The van der Waals surface area contributed by atoms with Gasteiger partial charge in [-0.2, -0.15) is 0 Å². The number of rotatable bonds is 7. The quantitative estimate of drug-likeness (QED) is 0.583. The third-order valence-corrected chi connectivity index (χ3v) is 4.14. The van der Waals surface area contributed by atoms with E-state index in [4.69, 9.17) is 15.2 Å². The fourth-order valence-corrected chi connectivity index (χ4v) is 2.56. The van der Waals surface area contributed by atoms with E-state index in [-0.39, 0.29) is 5.56 Å². The van der Waals surface area contributed by atoms with Crippen LogP contribution in [-0.2, 0) is 9.53 Å². The smallest absolute Gasteiger partial charge is 0.339 e. The number of hydrogen-bond acceptors (Lipinski definition) is 5. The van der Waals surface area contributed by atoms with E-state index in [1.54, 1.807) is 36.4 Å². The van der Waals surface area contributed by atoms with Crippen LogP contribution in [0.25, 0.3) is 0 Å². The van der Waals surface area contributed by atoms with Crippen LogP contribution >= 0.6 is 0 Å². The van der Waals surface area contributed by atoms with Crippen molar-refractivity contribution in [2.75, 3.05) is 5.32 Å². The lowest BCUT2D eigenvalue weighted by Crippen LogP contribution is -2.30. The first-order valence-electron chi connectivity index (χ1n) is 9.17. The molecule has 0 radical (unpaired) electrons. The van der Waals surface area contributed by atoms with Gasteiger partial charge in [0.25, 0.3) is 5.91 Å². The molecule has 3 aromatic rings. The molecule has 0 aromatic heterocycles. The van der Waals surface area contributed by atoms with E-state index >= 15 is 0 Å². The van der Waals surface area contributed by atoms with Crippen molar-refractivity contribution in [1.29, 1.82) is 0 Å². The Kier molecular flexibility index (Phi) is 6.44. The Morgan fingerprint density at radius 3 is 2.17 bits per heavy atom. The Labute approximate surface area is 173 Å². The number of amides is 2. The van der Waals surface area contributed by atoms with Crippen molar-refractivity contribution in [2.24, 2.45) is 5.73 Å². The molecule has 0 spiro atoms. The van der Waals surface area contributed by atoms with Crippen molar-refractivity contribution < 1.29 is 23.9 Å². The Morgan fingerprint density at radius 2 is 1.50 bits per heavy atom. The number of carbonyl (C=O) groups excluding carboxylic acids is 3. The zero-order valence-corrected chi connectivity index (χ0v) is 16.2. The predicted molar refractivity (Wildman–Crippen MR) is 111 cm³/mol. The van der Waals surface area contributed by atoms with Gasteiger partial charge in [-0.1, -0.05) is 24.3 Å². The van der Waals surface area contributed by atoms with E-state index in [0.29, 0.717) is 22.7 Å². The van der Waals surface area contributed by atoms with E-state index in [0.717, 1.165) is 0 Å². The average Bonchev–Trinajstić information content (AvgIpc) is 2.75. The van der Waals surface area contributed by atoms with Crippen LogP contribution < -0.4 is 15.8 Å². The van der Waals surface area contributed by atoms with E-state index in [2.05, 4.69) is 5.32 Å². The number of primary amides is 1. The summed E-state index contributed by atoms with van der Waals surface area (Å²) in [4.78, 5) is 35.8. The van der Waals surface area contributed by atoms with Crippen LogP contribution in [0.2, 0.25) is 0 Å². The molecular weight excluding hydrogens is 384 g/mol. The zero-order valence-electron chi connectivity index (χ0n) is 16.2. The lowest BCUT2D eigenvalue weighted by Gasteiger charge is -2.14. The number of nitrogens with one attached hydrogen (secondary N) is 1. The molecule has 152 valence electrons. The summed E-state index contributed by atoms with van der Waals surface area (Å²) in [6, 6.07) is 21.7. The number of hydrogen-bond donors (Lipinski definition) is 2. The highest BCUT2D eigenvalue weighted by atomic mass is 16.5. The minimum Gasteiger partial charge on any atom is -0.457 e. The summed E-state index contributed by atoms with van der Waals surface area (Å²) in [7, 11) is 0. The van der Waals surface area contributed by atoms with Gasteiger partial charge in [-0.05, 0) is 61.5 Å². The maximum atomic E-state index is 12.4. The largest absolute Gasteiger partial charge is 0.457 e. The van der Waals surface area contributed by atoms with Gasteiger partial charge in [0.15, 0.2) is 6.10 Å². The normalized spacial score (nSPS) is 11.2. The van der Waals surface area contributed by atoms with Crippen LogP contribution in [0, 0.1) is 0 Å². The molecule has 1 atom stereocenters. The molecule has 3 N–H and O–H groups in total. The summed E-state index contributed by atoms with van der Waals surface area (Å²) in [6.07, 6.45) is -1.04. The maximum Gasteiger partial charge on any atom is 0.339 e. The predicted octanol–water partition coefficient (Wildman–Crippen LogP) is 3.76. The fourth-order valence-electron chi connectivity index (χ4n) is 2.56. The lowest BCUT2D eigenvalue weighted by atomic mass is 10.2. The maximum absolute atomic E-state index is 12.4. The molecule has 2 amide bonds. The first kappa shape index (κ1) is 20.6. The molecule has 0 bridgehead atoms. The Bertz CT molecular complexity index is 1050. The summed E-state index contributed by atoms with van der Waals surface area (Å²) >= 11 is 0. The van der Waals surface area contributed by atoms with Gasteiger partial charge >= 0.3 is 5.97 Å². The second kappa shape index (κ2) is 9.38. The molecule has 0 aliphatic heterocycles. The first-order valence-corrected chi connectivity index (χ1v) is 9.17. The summed E-state index contributed by atoms with van der Waals surface area (Å²) in [5.74, 6) is -0.610. The minimum atomic E-state index is -1.04. The lowest BCUT2D eigenvalue weighted by molar-refractivity contribution is -0.123. The van der Waals surface area contributed by atoms with Crippen molar-refractivity contribution in [3.63, 3.8) is 0 Å². The third kappa shape index (κ3) is 5.45. The summed E-state index contributed by atoms with van der Waals surface area (Å²) < 4.78 is 11.0. The summed E-state index contributed by atoms with van der Waals surface area (Å²) in [6.45, 7) is 1.47.